The van der Waals surface area contributed by atoms with Crippen molar-refractivity contribution in [1.82, 2.24) is 0 Å². The van der Waals surface area contributed by atoms with E-state index in [0.717, 1.165) is 16.2 Å². The van der Waals surface area contributed by atoms with Gasteiger partial charge in [0.15, 0.2) is 0 Å². The Morgan fingerprint density at radius 3 is 1.65 bits per heavy atom. The SMILES string of the molecule is CC(C)(C)C1=C(c2ccccc2)P12(Cl)Oc1c(Cl)c(Cl)c(Cl)c(Cl)c1O2. The van der Waals surface area contributed by atoms with E-state index in [0.29, 0.717) is 0 Å². The first kappa shape index (κ1) is 19.0. The van der Waals surface area contributed by atoms with Crippen molar-refractivity contribution in [2.45, 2.75) is 20.8 Å². The van der Waals surface area contributed by atoms with Crippen molar-refractivity contribution in [2.24, 2.45) is 5.41 Å². The van der Waals surface area contributed by atoms with Gasteiger partial charge in [-0.1, -0.05) is 0 Å². The third-order valence-electron chi connectivity index (χ3n) is 4.38. The molecule has 138 valence electrons. The molecule has 0 unspecified atom stereocenters. The molecule has 2 aromatic rings. The van der Waals surface area contributed by atoms with E-state index in [1.165, 1.54) is 0 Å². The normalized spacial score (nSPS) is 20.8. The summed E-state index contributed by atoms with van der Waals surface area (Å²) in [7, 11) is 0. The predicted molar refractivity (Wildman–Crippen MR) is 113 cm³/mol. The van der Waals surface area contributed by atoms with Crippen LogP contribution in [0.2, 0.25) is 20.1 Å². The summed E-state index contributed by atoms with van der Waals surface area (Å²) in [5.74, 6) is 0.484. The topological polar surface area (TPSA) is 18.5 Å². The first-order valence-electron chi connectivity index (χ1n) is 7.81. The van der Waals surface area contributed by atoms with E-state index in [9.17, 15) is 0 Å². The molecular weight excluding hydrogens is 456 g/mol. The Hall–Kier alpha value is -0.340. The average Bonchev–Trinajstić information content (AvgIpc) is 3.00. The van der Waals surface area contributed by atoms with Crippen molar-refractivity contribution in [3.63, 3.8) is 0 Å². The second-order valence-electron chi connectivity index (χ2n) is 7.27. The Morgan fingerprint density at radius 1 is 0.769 bits per heavy atom. The van der Waals surface area contributed by atoms with Crippen molar-refractivity contribution in [2.75, 3.05) is 0 Å². The van der Waals surface area contributed by atoms with Crippen LogP contribution in [0.5, 0.6) is 11.5 Å². The zero-order valence-corrected chi connectivity index (χ0v) is 18.7. The van der Waals surface area contributed by atoms with Crippen LogP contribution < -0.4 is 9.05 Å². The van der Waals surface area contributed by atoms with Gasteiger partial charge in [0, 0.05) is 0 Å². The standard InChI is InChI=1S/C18H14Cl5O2P/c1-18(2,3)17-16(9-7-5-4-6-8-9)26(17,23)24-14-12(21)10(19)11(20)13(22)15(14)25-26/h4-8H,1-3H3. The van der Waals surface area contributed by atoms with Crippen LogP contribution in [-0.4, -0.2) is 0 Å². The zero-order valence-electron chi connectivity index (χ0n) is 14.0. The molecule has 0 fully saturated rings. The van der Waals surface area contributed by atoms with E-state index in [4.69, 9.17) is 66.7 Å². The molecule has 2 aliphatic heterocycles. The summed E-state index contributed by atoms with van der Waals surface area (Å²) in [5, 5.41) is 2.31. The fourth-order valence-corrected chi connectivity index (χ4v) is 11.0. The average molecular weight is 471 g/mol. The summed E-state index contributed by atoms with van der Waals surface area (Å²) < 4.78 is 12.6. The molecule has 2 heterocycles. The first-order chi connectivity index (χ1) is 12.0. The number of fused-ring (bicyclic) bond motifs is 1. The number of hydrogen-bond donors (Lipinski definition) is 0. The summed E-state index contributed by atoms with van der Waals surface area (Å²) >= 11 is 32.3. The molecule has 26 heavy (non-hydrogen) atoms. The Morgan fingerprint density at radius 2 is 1.23 bits per heavy atom. The zero-order chi connectivity index (χ0) is 19.1. The molecule has 0 aliphatic carbocycles. The third kappa shape index (κ3) is 2.37. The monoisotopic (exact) mass is 468 g/mol. The van der Waals surface area contributed by atoms with Gasteiger partial charge in [-0.05, 0) is 0 Å². The van der Waals surface area contributed by atoms with E-state index >= 15 is 0 Å². The van der Waals surface area contributed by atoms with Crippen LogP contribution in [0.1, 0.15) is 26.3 Å². The minimum absolute atomic E-state index is 0.116. The Kier molecular flexibility index (Phi) is 4.09. The summed E-state index contributed by atoms with van der Waals surface area (Å²) in [6, 6.07) is 9.78. The van der Waals surface area contributed by atoms with E-state index in [1.807, 2.05) is 30.3 Å². The van der Waals surface area contributed by atoms with Crippen molar-refractivity contribution < 1.29 is 9.05 Å². The summed E-state index contributed by atoms with van der Waals surface area (Å²) in [5.41, 5.74) is 0.668. The van der Waals surface area contributed by atoms with E-state index in [-0.39, 0.29) is 37.0 Å². The molecule has 8 heteroatoms. The van der Waals surface area contributed by atoms with Crippen molar-refractivity contribution in [3.05, 3.63) is 61.3 Å². The first-order valence-corrected chi connectivity index (χ1v) is 12.3. The van der Waals surface area contributed by atoms with E-state index in [2.05, 4.69) is 20.8 Å². The van der Waals surface area contributed by atoms with Gasteiger partial charge in [-0.15, -0.1) is 0 Å². The molecule has 4 rings (SSSR count). The van der Waals surface area contributed by atoms with Crippen LogP contribution in [0, 0.1) is 5.41 Å². The molecule has 2 aromatic carbocycles. The second kappa shape index (κ2) is 5.60. The van der Waals surface area contributed by atoms with Gasteiger partial charge >= 0.3 is 177 Å². The maximum atomic E-state index is 7.21. The van der Waals surface area contributed by atoms with E-state index < -0.39 is 6.41 Å². The number of hydrogen-bond acceptors (Lipinski definition) is 2. The Balaban J connectivity index is 1.93. The van der Waals surface area contributed by atoms with Gasteiger partial charge in [0.25, 0.3) is 0 Å². The number of allylic oxidation sites excluding steroid dienone is 1. The second-order valence-corrected chi connectivity index (χ2v) is 13.6. The van der Waals surface area contributed by atoms with Gasteiger partial charge in [-0.25, -0.2) is 0 Å². The third-order valence-corrected chi connectivity index (χ3v) is 11.3. The van der Waals surface area contributed by atoms with Crippen molar-refractivity contribution in [3.8, 4) is 11.5 Å². The molecule has 0 aromatic heterocycles. The van der Waals surface area contributed by atoms with Crippen LogP contribution in [0.15, 0.2) is 35.6 Å². The molecule has 0 atom stereocenters. The van der Waals surface area contributed by atoms with Crippen LogP contribution in [0.25, 0.3) is 5.31 Å². The number of halogens is 5. The van der Waals surface area contributed by atoms with Gasteiger partial charge in [-0.2, -0.15) is 0 Å². The Bertz CT molecular complexity index is 958. The fourth-order valence-electron chi connectivity index (χ4n) is 3.43. The minimum atomic E-state index is -3.82. The predicted octanol–water partition coefficient (Wildman–Crippen LogP) is 9.04. The molecule has 2 nitrogen and oxygen atoms in total. The molecule has 0 bridgehead atoms. The van der Waals surface area contributed by atoms with Crippen LogP contribution >= 0.6 is 64.1 Å². The number of benzene rings is 2. The fraction of sp³-hybridized carbons (Fsp3) is 0.222. The molecule has 0 radical (unpaired) electrons. The molecular formula is C18H14Cl5O2P. The number of rotatable bonds is 1. The summed E-state index contributed by atoms with van der Waals surface area (Å²) in [6.45, 7) is 6.19. The summed E-state index contributed by atoms with van der Waals surface area (Å²) in [6.07, 6.45) is -3.82. The van der Waals surface area contributed by atoms with Gasteiger partial charge in [0.1, 0.15) is 0 Å². The van der Waals surface area contributed by atoms with Crippen LogP contribution in [-0.2, 0) is 0 Å². The maximum absolute atomic E-state index is 7.21. The molecule has 0 N–H and O–H groups in total. The molecule has 0 saturated heterocycles. The van der Waals surface area contributed by atoms with Crippen molar-refractivity contribution in [1.29, 1.82) is 0 Å². The Labute approximate surface area is 176 Å². The molecule has 0 amide bonds. The molecule has 2 aliphatic rings. The van der Waals surface area contributed by atoms with Gasteiger partial charge in [-0.3, -0.25) is 0 Å². The quantitative estimate of drug-likeness (QED) is 0.235. The van der Waals surface area contributed by atoms with E-state index in [1.54, 1.807) is 0 Å². The van der Waals surface area contributed by atoms with Gasteiger partial charge in [0.05, 0.1) is 0 Å². The van der Waals surface area contributed by atoms with Gasteiger partial charge in [0.2, 0.25) is 0 Å². The van der Waals surface area contributed by atoms with Gasteiger partial charge < -0.3 is 0 Å². The molecule has 0 saturated carbocycles. The van der Waals surface area contributed by atoms with Crippen LogP contribution in [0.4, 0.5) is 0 Å². The van der Waals surface area contributed by atoms with Crippen molar-refractivity contribution >= 4 is 69.4 Å². The summed E-state index contributed by atoms with van der Waals surface area (Å²) in [4.78, 5) is 0. The van der Waals surface area contributed by atoms with Crippen LogP contribution in [0.3, 0.4) is 0 Å². The molecule has 1 spiro atoms.